The highest BCUT2D eigenvalue weighted by molar-refractivity contribution is 6.33. The van der Waals surface area contributed by atoms with Crippen LogP contribution in [0.15, 0.2) is 22.7 Å². The average molecular weight is 359 g/mol. The first kappa shape index (κ1) is 16.6. The maximum atomic E-state index is 12.3. The molecule has 1 N–H and O–H groups in total. The van der Waals surface area contributed by atoms with E-state index in [9.17, 15) is 4.79 Å². The monoisotopic (exact) mass is 358 g/mol. The SMILES string of the molecule is O=C(CC1CCCC1)Nc1cc(-c2onc3c2CCCC3)ccc1Cl. The largest absolute Gasteiger partial charge is 0.356 e. The number of amides is 1. The van der Waals surface area contributed by atoms with Gasteiger partial charge in [0.1, 0.15) is 0 Å². The van der Waals surface area contributed by atoms with Crippen molar-refractivity contribution in [3.63, 3.8) is 0 Å². The predicted molar refractivity (Wildman–Crippen MR) is 98.8 cm³/mol. The Morgan fingerprint density at radius 2 is 2.00 bits per heavy atom. The van der Waals surface area contributed by atoms with Crippen molar-refractivity contribution in [2.24, 2.45) is 5.92 Å². The summed E-state index contributed by atoms with van der Waals surface area (Å²) in [7, 11) is 0. The van der Waals surface area contributed by atoms with Gasteiger partial charge in [0.15, 0.2) is 5.76 Å². The fourth-order valence-electron chi connectivity index (χ4n) is 4.06. The van der Waals surface area contributed by atoms with Crippen molar-refractivity contribution in [1.29, 1.82) is 0 Å². The highest BCUT2D eigenvalue weighted by Gasteiger charge is 2.22. The molecule has 2 aliphatic rings. The van der Waals surface area contributed by atoms with Crippen LogP contribution in [0.2, 0.25) is 5.02 Å². The first-order chi connectivity index (χ1) is 12.2. The van der Waals surface area contributed by atoms with Gasteiger partial charge in [-0.15, -0.1) is 0 Å². The van der Waals surface area contributed by atoms with Crippen LogP contribution in [0.5, 0.6) is 0 Å². The lowest BCUT2D eigenvalue weighted by atomic mass is 9.94. The van der Waals surface area contributed by atoms with Gasteiger partial charge in [-0.1, -0.05) is 29.6 Å². The van der Waals surface area contributed by atoms with E-state index >= 15 is 0 Å². The molecule has 0 saturated heterocycles. The van der Waals surface area contributed by atoms with Crippen LogP contribution in [0.3, 0.4) is 0 Å². The number of carbonyl (C=O) groups is 1. The Kier molecular flexibility index (Phi) is 4.80. The van der Waals surface area contributed by atoms with E-state index < -0.39 is 0 Å². The van der Waals surface area contributed by atoms with Crippen molar-refractivity contribution >= 4 is 23.2 Å². The first-order valence-corrected chi connectivity index (χ1v) is 9.65. The quantitative estimate of drug-likeness (QED) is 0.796. The summed E-state index contributed by atoms with van der Waals surface area (Å²) in [5.74, 6) is 1.38. The molecule has 1 amide bonds. The molecule has 1 fully saturated rings. The second-order valence-electron chi connectivity index (χ2n) is 7.24. The Hall–Kier alpha value is -1.81. The second-order valence-corrected chi connectivity index (χ2v) is 7.65. The fraction of sp³-hybridized carbons (Fsp3) is 0.500. The molecule has 1 heterocycles. The smallest absolute Gasteiger partial charge is 0.224 e. The van der Waals surface area contributed by atoms with Crippen molar-refractivity contribution in [3.05, 3.63) is 34.5 Å². The number of nitrogens with zero attached hydrogens (tertiary/aromatic N) is 1. The summed E-state index contributed by atoms with van der Waals surface area (Å²) in [5, 5.41) is 7.76. The number of fused-ring (bicyclic) bond motifs is 1. The summed E-state index contributed by atoms with van der Waals surface area (Å²) >= 11 is 6.30. The van der Waals surface area contributed by atoms with E-state index in [2.05, 4.69) is 10.5 Å². The van der Waals surface area contributed by atoms with Crippen molar-refractivity contribution in [2.45, 2.75) is 57.8 Å². The minimum absolute atomic E-state index is 0.0468. The van der Waals surface area contributed by atoms with Gasteiger partial charge in [0, 0.05) is 17.5 Å². The van der Waals surface area contributed by atoms with Crippen LogP contribution in [0.1, 0.15) is 56.2 Å². The van der Waals surface area contributed by atoms with Crippen LogP contribution >= 0.6 is 11.6 Å². The zero-order valence-corrected chi connectivity index (χ0v) is 15.1. The number of hydrogen-bond donors (Lipinski definition) is 1. The van der Waals surface area contributed by atoms with Gasteiger partial charge in [-0.3, -0.25) is 4.79 Å². The molecule has 25 heavy (non-hydrogen) atoms. The summed E-state index contributed by atoms with van der Waals surface area (Å²) in [6.07, 6.45) is 9.70. The molecule has 4 nitrogen and oxygen atoms in total. The normalized spacial score (nSPS) is 17.5. The number of anilines is 1. The molecular weight excluding hydrogens is 336 g/mol. The molecule has 132 valence electrons. The molecule has 0 spiro atoms. The standard InChI is InChI=1S/C20H23ClN2O2/c21-16-10-9-14(20-15-7-3-4-8-17(15)23-25-20)12-18(16)22-19(24)11-13-5-1-2-6-13/h9-10,12-13H,1-8,11H2,(H,22,24). The summed E-state index contributed by atoms with van der Waals surface area (Å²) in [6.45, 7) is 0. The van der Waals surface area contributed by atoms with Gasteiger partial charge in [0.25, 0.3) is 0 Å². The van der Waals surface area contributed by atoms with Gasteiger partial charge >= 0.3 is 0 Å². The maximum Gasteiger partial charge on any atom is 0.224 e. The molecule has 1 aromatic heterocycles. The third kappa shape index (κ3) is 3.59. The molecule has 2 aliphatic carbocycles. The minimum Gasteiger partial charge on any atom is -0.356 e. The van der Waals surface area contributed by atoms with Gasteiger partial charge in [0.05, 0.1) is 16.4 Å². The van der Waals surface area contributed by atoms with Crippen LogP contribution < -0.4 is 5.32 Å². The van der Waals surface area contributed by atoms with Crippen LogP contribution in [-0.2, 0) is 17.6 Å². The number of carbonyl (C=O) groups excluding carboxylic acids is 1. The average Bonchev–Trinajstić information content (AvgIpc) is 3.26. The topological polar surface area (TPSA) is 55.1 Å². The van der Waals surface area contributed by atoms with Gasteiger partial charge in [-0.2, -0.15) is 0 Å². The van der Waals surface area contributed by atoms with E-state index in [0.29, 0.717) is 23.0 Å². The van der Waals surface area contributed by atoms with Crippen LogP contribution in [0.25, 0.3) is 11.3 Å². The lowest BCUT2D eigenvalue weighted by molar-refractivity contribution is -0.117. The predicted octanol–water partition coefficient (Wildman–Crippen LogP) is 5.39. The first-order valence-electron chi connectivity index (χ1n) is 9.28. The number of aryl methyl sites for hydroxylation is 1. The van der Waals surface area contributed by atoms with Crippen molar-refractivity contribution in [2.75, 3.05) is 5.32 Å². The van der Waals surface area contributed by atoms with Gasteiger partial charge < -0.3 is 9.84 Å². The van der Waals surface area contributed by atoms with Gasteiger partial charge in [0.2, 0.25) is 5.91 Å². The van der Waals surface area contributed by atoms with Crippen LogP contribution in [0.4, 0.5) is 5.69 Å². The number of benzene rings is 1. The molecule has 4 rings (SSSR count). The number of aromatic nitrogens is 1. The van der Waals surface area contributed by atoms with Crippen LogP contribution in [-0.4, -0.2) is 11.1 Å². The molecule has 0 unspecified atom stereocenters. The van der Waals surface area contributed by atoms with E-state index in [1.807, 2.05) is 18.2 Å². The van der Waals surface area contributed by atoms with Gasteiger partial charge in [-0.25, -0.2) is 0 Å². The summed E-state index contributed by atoms with van der Waals surface area (Å²) in [5.41, 5.74) is 3.86. The lowest BCUT2D eigenvalue weighted by Gasteiger charge is -2.13. The maximum absolute atomic E-state index is 12.3. The Morgan fingerprint density at radius 3 is 2.84 bits per heavy atom. The van der Waals surface area contributed by atoms with Gasteiger partial charge in [-0.05, 0) is 62.6 Å². The molecular formula is C20H23ClN2O2. The van der Waals surface area contributed by atoms with Crippen molar-refractivity contribution in [1.82, 2.24) is 5.16 Å². The Morgan fingerprint density at radius 1 is 1.20 bits per heavy atom. The van der Waals surface area contributed by atoms with E-state index in [0.717, 1.165) is 42.7 Å². The Balaban J connectivity index is 1.54. The van der Waals surface area contributed by atoms with E-state index in [1.165, 1.54) is 31.2 Å². The molecule has 1 saturated carbocycles. The number of rotatable bonds is 4. The number of hydrogen-bond acceptors (Lipinski definition) is 3. The summed E-state index contributed by atoms with van der Waals surface area (Å²) < 4.78 is 5.61. The minimum atomic E-state index is 0.0468. The third-order valence-electron chi connectivity index (χ3n) is 5.41. The molecule has 5 heteroatoms. The van der Waals surface area contributed by atoms with Crippen molar-refractivity contribution in [3.8, 4) is 11.3 Å². The highest BCUT2D eigenvalue weighted by atomic mass is 35.5. The van der Waals surface area contributed by atoms with Crippen molar-refractivity contribution < 1.29 is 9.32 Å². The molecule has 1 aromatic carbocycles. The Bertz CT molecular complexity index is 778. The molecule has 0 radical (unpaired) electrons. The fourth-order valence-corrected chi connectivity index (χ4v) is 4.22. The highest BCUT2D eigenvalue weighted by Crippen LogP contribution is 2.35. The van der Waals surface area contributed by atoms with E-state index in [4.69, 9.17) is 16.1 Å². The zero-order chi connectivity index (χ0) is 17.2. The summed E-state index contributed by atoms with van der Waals surface area (Å²) in [4.78, 5) is 12.3. The van der Waals surface area contributed by atoms with E-state index in [1.54, 1.807) is 0 Å². The molecule has 0 atom stereocenters. The van der Waals surface area contributed by atoms with E-state index in [-0.39, 0.29) is 5.91 Å². The third-order valence-corrected chi connectivity index (χ3v) is 5.74. The second kappa shape index (κ2) is 7.20. The Labute approximate surface area is 152 Å². The van der Waals surface area contributed by atoms with Crippen LogP contribution in [0, 0.1) is 5.92 Å². The molecule has 2 aromatic rings. The molecule has 0 bridgehead atoms. The zero-order valence-electron chi connectivity index (χ0n) is 14.3. The molecule has 0 aliphatic heterocycles. The number of halogens is 1. The number of nitrogens with one attached hydrogen (secondary N) is 1. The lowest BCUT2D eigenvalue weighted by Crippen LogP contribution is -2.15. The summed E-state index contributed by atoms with van der Waals surface area (Å²) in [6, 6.07) is 5.66.